The molecule has 2 aromatic rings. The molecule has 1 aromatic carbocycles. The lowest BCUT2D eigenvalue weighted by Gasteiger charge is -2.11. The van der Waals surface area contributed by atoms with E-state index in [9.17, 15) is 4.79 Å². The minimum absolute atomic E-state index is 0.0795. The Morgan fingerprint density at radius 3 is 2.78 bits per heavy atom. The van der Waals surface area contributed by atoms with Crippen molar-refractivity contribution in [1.82, 2.24) is 15.1 Å². The zero-order valence-corrected chi connectivity index (χ0v) is 13.8. The second kappa shape index (κ2) is 9.29. The molecule has 0 fully saturated rings. The van der Waals surface area contributed by atoms with Crippen LogP contribution in [-0.4, -0.2) is 29.9 Å². The third-order valence-corrected chi connectivity index (χ3v) is 3.51. The number of ether oxygens (including phenoxy) is 1. The van der Waals surface area contributed by atoms with Gasteiger partial charge in [-0.1, -0.05) is 41.9 Å². The molecule has 6 nitrogen and oxygen atoms in total. The lowest BCUT2D eigenvalue weighted by Crippen LogP contribution is -2.27. The third kappa shape index (κ3) is 5.35. The van der Waals surface area contributed by atoms with Crippen LogP contribution in [0.25, 0.3) is 0 Å². The molecule has 0 bridgehead atoms. The van der Waals surface area contributed by atoms with Crippen LogP contribution < -0.4 is 16.2 Å². The minimum atomic E-state index is -0.282. The molecule has 0 radical (unpaired) electrons. The lowest BCUT2D eigenvalue weighted by molar-refractivity contribution is 0.0530. The first-order valence-corrected chi connectivity index (χ1v) is 7.86. The molecule has 0 saturated carbocycles. The molecule has 2 rings (SSSR count). The van der Waals surface area contributed by atoms with E-state index in [1.54, 1.807) is 0 Å². The summed E-state index contributed by atoms with van der Waals surface area (Å²) in [6, 6.07) is 9.76. The van der Waals surface area contributed by atoms with E-state index in [0.29, 0.717) is 23.9 Å². The predicted molar refractivity (Wildman–Crippen MR) is 91.8 cm³/mol. The molecule has 0 atom stereocenters. The molecular formula is C16H21ClN4O2. The van der Waals surface area contributed by atoms with Gasteiger partial charge in [0, 0.05) is 6.54 Å². The van der Waals surface area contributed by atoms with Crippen LogP contribution in [-0.2, 0) is 18.1 Å². The summed E-state index contributed by atoms with van der Waals surface area (Å²) in [7, 11) is 1.89. The first-order chi connectivity index (χ1) is 11.2. The van der Waals surface area contributed by atoms with Gasteiger partial charge in [-0.25, -0.2) is 4.68 Å². The van der Waals surface area contributed by atoms with Gasteiger partial charge in [0.15, 0.2) is 0 Å². The molecule has 1 heterocycles. The van der Waals surface area contributed by atoms with Gasteiger partial charge < -0.3 is 15.4 Å². The Kier molecular flexibility index (Phi) is 7.06. The molecule has 0 aliphatic carbocycles. The predicted octanol–water partition coefficient (Wildman–Crippen LogP) is 2.09. The Morgan fingerprint density at radius 2 is 2.04 bits per heavy atom. The number of halogens is 1. The van der Waals surface area contributed by atoms with Crippen LogP contribution in [0.1, 0.15) is 12.0 Å². The average molecular weight is 337 g/mol. The molecule has 0 amide bonds. The van der Waals surface area contributed by atoms with Gasteiger partial charge >= 0.3 is 0 Å². The molecule has 124 valence electrons. The van der Waals surface area contributed by atoms with E-state index >= 15 is 0 Å². The maximum absolute atomic E-state index is 12.4. The highest BCUT2D eigenvalue weighted by Gasteiger charge is 2.09. The molecule has 1 aromatic heterocycles. The molecular weight excluding hydrogens is 316 g/mol. The summed E-state index contributed by atoms with van der Waals surface area (Å²) in [6.45, 7) is 2.02. The number of hydrogen-bond donors (Lipinski definition) is 2. The monoisotopic (exact) mass is 336 g/mol. The van der Waals surface area contributed by atoms with Gasteiger partial charge in [-0.2, -0.15) is 5.10 Å². The van der Waals surface area contributed by atoms with Crippen LogP contribution >= 0.6 is 11.6 Å². The highest BCUT2D eigenvalue weighted by atomic mass is 35.5. The Labute approximate surface area is 140 Å². The Morgan fingerprint density at radius 1 is 1.26 bits per heavy atom. The van der Waals surface area contributed by atoms with Gasteiger partial charge in [0.05, 0.1) is 17.8 Å². The van der Waals surface area contributed by atoms with Gasteiger partial charge in [-0.05, 0) is 25.6 Å². The third-order valence-electron chi connectivity index (χ3n) is 3.23. The first kappa shape index (κ1) is 17.5. The molecule has 23 heavy (non-hydrogen) atoms. The topological polar surface area (TPSA) is 68.2 Å². The first-order valence-electron chi connectivity index (χ1n) is 7.48. The zero-order chi connectivity index (χ0) is 16.5. The highest BCUT2D eigenvalue weighted by Crippen LogP contribution is 2.14. The SMILES string of the molecule is CNCCCNc1c(Cl)cnn(COCc2ccccc2)c1=O. The quantitative estimate of drug-likeness (QED) is 0.686. The summed E-state index contributed by atoms with van der Waals surface area (Å²) in [5, 5.41) is 10.4. The maximum atomic E-state index is 12.4. The summed E-state index contributed by atoms with van der Waals surface area (Å²) in [6.07, 6.45) is 2.34. The molecule has 0 aliphatic heterocycles. The van der Waals surface area contributed by atoms with Gasteiger partial charge in [-0.3, -0.25) is 4.79 Å². The molecule has 0 saturated heterocycles. The standard InChI is InChI=1S/C16H21ClN4O2/c1-18-8-5-9-19-15-14(17)10-20-21(16(15)22)12-23-11-13-6-3-2-4-7-13/h2-4,6-7,10,18-19H,5,8-9,11-12H2,1H3. The van der Waals surface area contributed by atoms with Crippen molar-refractivity contribution >= 4 is 17.3 Å². The molecule has 0 aliphatic rings. The number of rotatable bonds is 9. The number of benzene rings is 1. The van der Waals surface area contributed by atoms with Gasteiger partial charge in [-0.15, -0.1) is 0 Å². The van der Waals surface area contributed by atoms with Gasteiger partial charge in [0.1, 0.15) is 12.4 Å². The van der Waals surface area contributed by atoms with Crippen molar-refractivity contribution in [2.75, 3.05) is 25.5 Å². The van der Waals surface area contributed by atoms with Crippen LogP contribution in [0.4, 0.5) is 5.69 Å². The zero-order valence-electron chi connectivity index (χ0n) is 13.1. The van der Waals surface area contributed by atoms with Crippen molar-refractivity contribution in [2.45, 2.75) is 19.8 Å². The number of hydrogen-bond acceptors (Lipinski definition) is 5. The van der Waals surface area contributed by atoms with Crippen LogP contribution in [0.3, 0.4) is 0 Å². The molecule has 7 heteroatoms. The van der Waals surface area contributed by atoms with Crippen LogP contribution in [0.15, 0.2) is 41.3 Å². The van der Waals surface area contributed by atoms with Crippen molar-refractivity contribution in [3.05, 3.63) is 57.5 Å². The van der Waals surface area contributed by atoms with Crippen LogP contribution in [0, 0.1) is 0 Å². The largest absolute Gasteiger partial charge is 0.379 e. The van der Waals surface area contributed by atoms with E-state index < -0.39 is 0 Å². The normalized spacial score (nSPS) is 10.7. The van der Waals surface area contributed by atoms with E-state index in [1.807, 2.05) is 37.4 Å². The van der Waals surface area contributed by atoms with E-state index in [1.165, 1.54) is 10.9 Å². The molecule has 0 spiro atoms. The molecule has 0 unspecified atom stereocenters. The van der Waals surface area contributed by atoms with E-state index in [0.717, 1.165) is 18.5 Å². The second-order valence-corrected chi connectivity index (χ2v) is 5.43. The fourth-order valence-corrected chi connectivity index (χ4v) is 2.21. The van der Waals surface area contributed by atoms with Crippen LogP contribution in [0.5, 0.6) is 0 Å². The number of aromatic nitrogens is 2. The van der Waals surface area contributed by atoms with E-state index in [-0.39, 0.29) is 12.3 Å². The van der Waals surface area contributed by atoms with Crippen molar-refractivity contribution in [1.29, 1.82) is 0 Å². The van der Waals surface area contributed by atoms with E-state index in [4.69, 9.17) is 16.3 Å². The average Bonchev–Trinajstić information content (AvgIpc) is 2.57. The summed E-state index contributed by atoms with van der Waals surface area (Å²) < 4.78 is 6.80. The Hall–Kier alpha value is -1.89. The summed E-state index contributed by atoms with van der Waals surface area (Å²) in [5.74, 6) is 0. The van der Waals surface area contributed by atoms with Crippen LogP contribution in [0.2, 0.25) is 5.02 Å². The van der Waals surface area contributed by atoms with Crippen molar-refractivity contribution in [2.24, 2.45) is 0 Å². The Bertz CT molecular complexity index is 661. The number of nitrogens with one attached hydrogen (secondary N) is 2. The summed E-state index contributed by atoms with van der Waals surface area (Å²) in [4.78, 5) is 12.4. The van der Waals surface area contributed by atoms with Gasteiger partial charge in [0.25, 0.3) is 5.56 Å². The Balaban J connectivity index is 1.95. The summed E-state index contributed by atoms with van der Waals surface area (Å²) in [5.41, 5.74) is 1.12. The number of anilines is 1. The van der Waals surface area contributed by atoms with E-state index in [2.05, 4.69) is 15.7 Å². The fourth-order valence-electron chi connectivity index (χ4n) is 2.02. The lowest BCUT2D eigenvalue weighted by atomic mass is 10.2. The minimum Gasteiger partial charge on any atom is -0.379 e. The smallest absolute Gasteiger partial charge is 0.293 e. The van der Waals surface area contributed by atoms with Crippen molar-refractivity contribution in [3.8, 4) is 0 Å². The second-order valence-electron chi connectivity index (χ2n) is 5.02. The van der Waals surface area contributed by atoms with Crippen molar-refractivity contribution in [3.63, 3.8) is 0 Å². The van der Waals surface area contributed by atoms with Gasteiger partial charge in [0.2, 0.25) is 0 Å². The highest BCUT2D eigenvalue weighted by molar-refractivity contribution is 6.32. The number of nitrogens with zero attached hydrogens (tertiary/aromatic N) is 2. The fraction of sp³-hybridized carbons (Fsp3) is 0.375. The maximum Gasteiger partial charge on any atom is 0.293 e. The van der Waals surface area contributed by atoms with Crippen molar-refractivity contribution < 1.29 is 4.74 Å². The summed E-state index contributed by atoms with van der Waals surface area (Å²) >= 11 is 6.05. The molecule has 2 N–H and O–H groups in total.